The molecule has 1 aromatic heterocycles. The number of hydrogen-bond donors (Lipinski definition) is 0. The van der Waals surface area contributed by atoms with Crippen LogP contribution in [0.4, 0.5) is 0 Å². The topological polar surface area (TPSA) is 52.0 Å². The normalized spacial score (nSPS) is 11.3. The molecule has 0 aliphatic heterocycles. The maximum absolute atomic E-state index is 12.9. The van der Waals surface area contributed by atoms with Crippen molar-refractivity contribution in [3.05, 3.63) is 69.0 Å². The highest BCUT2D eigenvalue weighted by molar-refractivity contribution is 7.99. The number of rotatable bonds is 5. The summed E-state index contributed by atoms with van der Waals surface area (Å²) < 4.78 is 1.67. The maximum Gasteiger partial charge on any atom is 0.262 e. The lowest BCUT2D eigenvalue weighted by Crippen LogP contribution is -2.25. The monoisotopic (exact) mass is 380 g/mol. The molecule has 0 spiro atoms. The van der Waals surface area contributed by atoms with E-state index in [0.29, 0.717) is 16.1 Å². The van der Waals surface area contributed by atoms with Crippen LogP contribution in [0.2, 0.25) is 0 Å². The smallest absolute Gasteiger partial charge is 0.262 e. The highest BCUT2D eigenvalue weighted by Crippen LogP contribution is 2.23. The van der Waals surface area contributed by atoms with Crippen LogP contribution < -0.4 is 5.56 Å². The molecule has 140 valence electrons. The van der Waals surface area contributed by atoms with Gasteiger partial charge in [-0.1, -0.05) is 30.0 Å². The molecule has 0 amide bonds. The highest BCUT2D eigenvalue weighted by atomic mass is 32.2. The SMILES string of the molecule is Cc1cc(C)c(C(=O)CSc2nc3ccccc3c(=O)n2C(C)C)cc1C. The molecule has 0 N–H and O–H groups in total. The van der Waals surface area contributed by atoms with Gasteiger partial charge >= 0.3 is 0 Å². The Balaban J connectivity index is 1.95. The first-order valence-corrected chi connectivity index (χ1v) is 10.0. The zero-order valence-corrected chi connectivity index (χ0v) is 17.2. The van der Waals surface area contributed by atoms with Gasteiger partial charge in [-0.15, -0.1) is 0 Å². The average Bonchev–Trinajstić information content (AvgIpc) is 2.62. The zero-order chi connectivity index (χ0) is 19.7. The number of fused-ring (bicyclic) bond motifs is 1. The Labute approximate surface area is 163 Å². The largest absolute Gasteiger partial charge is 0.293 e. The van der Waals surface area contributed by atoms with Gasteiger partial charge < -0.3 is 0 Å². The number of carbonyl (C=O) groups excluding carboxylic acids is 1. The lowest BCUT2D eigenvalue weighted by molar-refractivity contribution is 0.102. The Hall–Kier alpha value is -2.40. The molecule has 0 saturated carbocycles. The van der Waals surface area contributed by atoms with Crippen molar-refractivity contribution in [1.29, 1.82) is 0 Å². The van der Waals surface area contributed by atoms with Crippen LogP contribution in [0.25, 0.3) is 10.9 Å². The minimum absolute atomic E-state index is 0.0319. The van der Waals surface area contributed by atoms with Gasteiger partial charge in [0.1, 0.15) is 0 Å². The van der Waals surface area contributed by atoms with E-state index in [0.717, 1.165) is 16.7 Å². The maximum atomic E-state index is 12.9. The van der Waals surface area contributed by atoms with Crippen LogP contribution in [0.3, 0.4) is 0 Å². The van der Waals surface area contributed by atoms with Gasteiger partial charge in [0.25, 0.3) is 5.56 Å². The number of aryl methyl sites for hydroxylation is 3. The second-order valence-electron chi connectivity index (χ2n) is 7.14. The third-order valence-corrected chi connectivity index (χ3v) is 5.72. The number of benzene rings is 2. The van der Waals surface area contributed by atoms with Gasteiger partial charge in [-0.2, -0.15) is 0 Å². The summed E-state index contributed by atoms with van der Waals surface area (Å²) in [7, 11) is 0. The predicted molar refractivity (Wildman–Crippen MR) is 112 cm³/mol. The van der Waals surface area contributed by atoms with Crippen molar-refractivity contribution in [2.24, 2.45) is 0 Å². The molecular formula is C22H24N2O2S. The van der Waals surface area contributed by atoms with Crippen molar-refractivity contribution >= 4 is 28.4 Å². The summed E-state index contributed by atoms with van der Waals surface area (Å²) in [4.78, 5) is 30.3. The van der Waals surface area contributed by atoms with E-state index in [1.807, 2.05) is 65.0 Å². The van der Waals surface area contributed by atoms with Crippen molar-refractivity contribution < 1.29 is 4.79 Å². The first kappa shape index (κ1) is 19.4. The minimum atomic E-state index is -0.0621. The van der Waals surface area contributed by atoms with E-state index in [4.69, 9.17) is 0 Å². The summed E-state index contributed by atoms with van der Waals surface area (Å²) in [5.41, 5.74) is 4.62. The molecule has 4 nitrogen and oxygen atoms in total. The number of para-hydroxylation sites is 1. The Morgan fingerprint density at radius 2 is 1.74 bits per heavy atom. The molecule has 0 radical (unpaired) electrons. The fraction of sp³-hybridized carbons (Fsp3) is 0.318. The fourth-order valence-corrected chi connectivity index (χ4v) is 4.16. The van der Waals surface area contributed by atoms with Gasteiger partial charge in [-0.05, 0) is 69.5 Å². The number of carbonyl (C=O) groups is 1. The van der Waals surface area contributed by atoms with Gasteiger partial charge in [0.05, 0.1) is 16.7 Å². The molecular weight excluding hydrogens is 356 g/mol. The molecule has 1 heterocycles. The molecule has 27 heavy (non-hydrogen) atoms. The number of Topliss-reactive ketones (excluding diaryl/α,β-unsaturated/α-hetero) is 1. The van der Waals surface area contributed by atoms with Gasteiger partial charge in [0, 0.05) is 11.6 Å². The van der Waals surface area contributed by atoms with Crippen LogP contribution in [0, 0.1) is 20.8 Å². The van der Waals surface area contributed by atoms with E-state index < -0.39 is 0 Å². The van der Waals surface area contributed by atoms with Crippen LogP contribution in [0.15, 0.2) is 46.3 Å². The standard InChI is InChI=1S/C22H24N2O2S/c1-13(2)24-21(26)17-8-6-7-9-19(17)23-22(24)27-12-20(25)18-11-15(4)14(3)10-16(18)5/h6-11,13H,12H2,1-5H3. The van der Waals surface area contributed by atoms with E-state index in [1.54, 1.807) is 10.6 Å². The van der Waals surface area contributed by atoms with E-state index in [9.17, 15) is 9.59 Å². The molecule has 5 heteroatoms. The predicted octanol–water partition coefficient (Wildman–Crippen LogP) is 4.88. The Morgan fingerprint density at radius 1 is 1.07 bits per heavy atom. The second kappa shape index (κ2) is 7.69. The lowest BCUT2D eigenvalue weighted by Gasteiger charge is -2.16. The van der Waals surface area contributed by atoms with Crippen LogP contribution in [-0.4, -0.2) is 21.1 Å². The molecule has 0 aliphatic rings. The molecule has 0 atom stereocenters. The zero-order valence-electron chi connectivity index (χ0n) is 16.4. The third kappa shape index (κ3) is 3.83. The number of ketones is 1. The summed E-state index contributed by atoms with van der Waals surface area (Å²) in [6.45, 7) is 9.93. The molecule has 3 aromatic rings. The summed E-state index contributed by atoms with van der Waals surface area (Å²) in [5.74, 6) is 0.305. The average molecular weight is 381 g/mol. The first-order chi connectivity index (χ1) is 12.8. The molecule has 0 fully saturated rings. The molecule has 0 bridgehead atoms. The van der Waals surface area contributed by atoms with E-state index >= 15 is 0 Å². The van der Waals surface area contributed by atoms with Crippen molar-refractivity contribution in [2.45, 2.75) is 45.8 Å². The summed E-state index contributed by atoms with van der Waals surface area (Å²) >= 11 is 1.33. The first-order valence-electron chi connectivity index (χ1n) is 9.04. The van der Waals surface area contributed by atoms with Gasteiger partial charge in [-0.25, -0.2) is 4.98 Å². The molecule has 3 rings (SSSR count). The van der Waals surface area contributed by atoms with Crippen LogP contribution in [-0.2, 0) is 0 Å². The van der Waals surface area contributed by atoms with E-state index in [2.05, 4.69) is 4.98 Å². The van der Waals surface area contributed by atoms with Crippen molar-refractivity contribution in [3.63, 3.8) is 0 Å². The Morgan fingerprint density at radius 3 is 2.44 bits per heavy atom. The van der Waals surface area contributed by atoms with Crippen LogP contribution in [0.1, 0.15) is 46.9 Å². The van der Waals surface area contributed by atoms with Gasteiger partial charge in [-0.3, -0.25) is 14.2 Å². The van der Waals surface area contributed by atoms with E-state index in [1.165, 1.54) is 17.3 Å². The molecule has 0 aliphatic carbocycles. The number of nitrogens with zero attached hydrogens (tertiary/aromatic N) is 2. The third-order valence-electron chi connectivity index (χ3n) is 4.77. The van der Waals surface area contributed by atoms with Crippen LogP contribution >= 0.6 is 11.8 Å². The fourth-order valence-electron chi connectivity index (χ4n) is 3.15. The second-order valence-corrected chi connectivity index (χ2v) is 8.09. The molecule has 0 saturated heterocycles. The number of aromatic nitrogens is 2. The van der Waals surface area contributed by atoms with Crippen molar-refractivity contribution in [3.8, 4) is 0 Å². The van der Waals surface area contributed by atoms with Crippen LogP contribution in [0.5, 0.6) is 0 Å². The summed E-state index contributed by atoms with van der Waals surface area (Å²) in [5, 5.41) is 1.19. The van der Waals surface area contributed by atoms with Crippen molar-refractivity contribution in [1.82, 2.24) is 9.55 Å². The van der Waals surface area contributed by atoms with Gasteiger partial charge in [0.2, 0.25) is 0 Å². The molecule has 0 unspecified atom stereocenters. The van der Waals surface area contributed by atoms with Gasteiger partial charge in [0.15, 0.2) is 10.9 Å². The number of thioether (sulfide) groups is 1. The van der Waals surface area contributed by atoms with E-state index in [-0.39, 0.29) is 23.1 Å². The quantitative estimate of drug-likeness (QED) is 0.360. The number of hydrogen-bond acceptors (Lipinski definition) is 4. The van der Waals surface area contributed by atoms with Crippen molar-refractivity contribution in [2.75, 3.05) is 5.75 Å². The minimum Gasteiger partial charge on any atom is -0.293 e. The highest BCUT2D eigenvalue weighted by Gasteiger charge is 2.17. The Kier molecular flexibility index (Phi) is 5.51. The molecule has 2 aromatic carbocycles. The lowest BCUT2D eigenvalue weighted by atomic mass is 9.99. The summed E-state index contributed by atoms with van der Waals surface area (Å²) in [6, 6.07) is 11.3. The Bertz CT molecular complexity index is 1080. The summed E-state index contributed by atoms with van der Waals surface area (Å²) in [6.07, 6.45) is 0.